The van der Waals surface area contributed by atoms with Crippen LogP contribution in [0.5, 0.6) is 0 Å². The van der Waals surface area contributed by atoms with Crippen LogP contribution in [0.3, 0.4) is 0 Å². The van der Waals surface area contributed by atoms with Gasteiger partial charge in [-0.3, -0.25) is 9.78 Å². The van der Waals surface area contributed by atoms with Crippen molar-refractivity contribution in [3.8, 4) is 0 Å². The first kappa shape index (κ1) is 17.8. The van der Waals surface area contributed by atoms with E-state index < -0.39 is 5.60 Å². The third kappa shape index (κ3) is 2.76. The molecule has 0 spiro atoms. The largest absolute Gasteiger partial charge is 0.388 e. The second-order valence-electron chi connectivity index (χ2n) is 8.30. The Morgan fingerprint density at radius 3 is 2.75 bits per heavy atom. The number of nitrogens with zero attached hydrogens (tertiary/aromatic N) is 4. The van der Waals surface area contributed by atoms with Gasteiger partial charge in [0.25, 0.3) is 5.91 Å². The van der Waals surface area contributed by atoms with Crippen molar-refractivity contribution in [2.75, 3.05) is 0 Å². The lowest BCUT2D eigenvalue weighted by Crippen LogP contribution is -2.54. The fraction of sp³-hybridized carbons (Fsp3) is 0.476. The van der Waals surface area contributed by atoms with Crippen LogP contribution in [-0.4, -0.2) is 48.1 Å². The number of hydrogen-bond donors (Lipinski definition) is 1. The minimum atomic E-state index is -0.808. The monoisotopic (exact) mass is 396 g/mol. The number of amides is 1. The molecule has 2 aliphatic rings. The molecule has 0 aliphatic carbocycles. The molecule has 5 heterocycles. The molecule has 2 atom stereocenters. The molecular formula is C21H24N4O2S. The van der Waals surface area contributed by atoms with Crippen LogP contribution >= 0.6 is 11.3 Å². The van der Waals surface area contributed by atoms with Crippen LogP contribution in [0.2, 0.25) is 0 Å². The maximum Gasteiger partial charge on any atom is 0.266 e. The van der Waals surface area contributed by atoms with Gasteiger partial charge in [0, 0.05) is 29.4 Å². The highest BCUT2D eigenvalue weighted by Gasteiger charge is 2.50. The van der Waals surface area contributed by atoms with Crippen LogP contribution in [0.25, 0.3) is 10.9 Å². The zero-order valence-electron chi connectivity index (χ0n) is 16.1. The lowest BCUT2D eigenvalue weighted by molar-refractivity contribution is -0.0535. The summed E-state index contributed by atoms with van der Waals surface area (Å²) in [5, 5.41) is 12.6. The molecule has 0 saturated carbocycles. The molecule has 0 radical (unpaired) electrons. The van der Waals surface area contributed by atoms with Crippen LogP contribution in [0, 0.1) is 13.8 Å². The molecule has 1 amide bonds. The van der Waals surface area contributed by atoms with E-state index in [1.54, 1.807) is 11.7 Å². The summed E-state index contributed by atoms with van der Waals surface area (Å²) in [6.07, 6.45) is 6.82. The van der Waals surface area contributed by atoms with E-state index in [9.17, 15) is 9.90 Å². The number of hydrogen-bond acceptors (Lipinski definition) is 5. The van der Waals surface area contributed by atoms with Crippen LogP contribution in [0.1, 0.15) is 46.7 Å². The summed E-state index contributed by atoms with van der Waals surface area (Å²) in [6.45, 7) is 4.51. The lowest BCUT2D eigenvalue weighted by atomic mass is 9.85. The van der Waals surface area contributed by atoms with E-state index >= 15 is 0 Å². The summed E-state index contributed by atoms with van der Waals surface area (Å²) in [6, 6.07) is 4.34. The Morgan fingerprint density at radius 1 is 1.32 bits per heavy atom. The first-order valence-electron chi connectivity index (χ1n) is 9.80. The molecule has 7 heteroatoms. The maximum absolute atomic E-state index is 13.1. The fourth-order valence-electron chi connectivity index (χ4n) is 5.15. The Bertz CT molecular complexity index is 1040. The topological polar surface area (TPSA) is 71.2 Å². The van der Waals surface area contributed by atoms with Gasteiger partial charge in [0.15, 0.2) is 0 Å². The smallest absolute Gasteiger partial charge is 0.266 e. The van der Waals surface area contributed by atoms with Crippen LogP contribution < -0.4 is 0 Å². The molecule has 3 aromatic rings. The van der Waals surface area contributed by atoms with E-state index in [2.05, 4.69) is 27.5 Å². The van der Waals surface area contributed by atoms with Gasteiger partial charge in [-0.15, -0.1) is 11.3 Å². The van der Waals surface area contributed by atoms with Gasteiger partial charge in [-0.2, -0.15) is 0 Å². The summed E-state index contributed by atoms with van der Waals surface area (Å²) >= 11 is 1.41. The number of fused-ring (bicyclic) bond motifs is 3. The average Bonchev–Trinajstić information content (AvgIpc) is 3.30. The Labute approximate surface area is 167 Å². The minimum Gasteiger partial charge on any atom is -0.388 e. The van der Waals surface area contributed by atoms with E-state index in [-0.39, 0.29) is 18.0 Å². The minimum absolute atomic E-state index is 0.0846. The molecule has 2 bridgehead atoms. The summed E-state index contributed by atoms with van der Waals surface area (Å²) < 4.78 is 2.17. The summed E-state index contributed by atoms with van der Waals surface area (Å²) in [5.74, 6) is 0.0846. The predicted molar refractivity (Wildman–Crippen MR) is 108 cm³/mol. The highest BCUT2D eigenvalue weighted by atomic mass is 32.1. The number of aliphatic hydroxyl groups is 1. The highest BCUT2D eigenvalue weighted by molar-refractivity contribution is 7.11. The molecule has 2 unspecified atom stereocenters. The summed E-state index contributed by atoms with van der Waals surface area (Å²) in [5.41, 5.74) is 3.91. The average molecular weight is 397 g/mol. The van der Waals surface area contributed by atoms with Crippen LogP contribution in [0.4, 0.5) is 0 Å². The number of aryl methyl sites for hydroxylation is 2. The number of carbonyl (C=O) groups is 1. The zero-order chi connectivity index (χ0) is 19.5. The Kier molecular flexibility index (Phi) is 4.07. The molecule has 5 rings (SSSR count). The van der Waals surface area contributed by atoms with Crippen molar-refractivity contribution in [2.24, 2.45) is 0 Å². The summed E-state index contributed by atoms with van der Waals surface area (Å²) in [7, 11) is 0. The van der Waals surface area contributed by atoms with Gasteiger partial charge in [0.2, 0.25) is 0 Å². The van der Waals surface area contributed by atoms with E-state index in [4.69, 9.17) is 0 Å². The molecule has 0 aromatic carbocycles. The molecule has 28 heavy (non-hydrogen) atoms. The maximum atomic E-state index is 13.1. The Morgan fingerprint density at radius 2 is 2.07 bits per heavy atom. The van der Waals surface area contributed by atoms with Crippen molar-refractivity contribution in [3.05, 3.63) is 46.3 Å². The molecule has 3 aromatic heterocycles. The van der Waals surface area contributed by atoms with Crippen LogP contribution in [-0.2, 0) is 6.54 Å². The second kappa shape index (κ2) is 6.39. The molecule has 1 N–H and O–H groups in total. The van der Waals surface area contributed by atoms with E-state index in [1.807, 2.05) is 24.1 Å². The molecule has 2 aliphatic heterocycles. The number of thiazole rings is 1. The Hall–Kier alpha value is -2.25. The normalized spacial score (nSPS) is 26.9. The van der Waals surface area contributed by atoms with Gasteiger partial charge in [0.05, 0.1) is 35.1 Å². The van der Waals surface area contributed by atoms with E-state index in [0.29, 0.717) is 19.4 Å². The fourth-order valence-corrected chi connectivity index (χ4v) is 5.89. The van der Waals surface area contributed by atoms with Crippen molar-refractivity contribution in [3.63, 3.8) is 0 Å². The van der Waals surface area contributed by atoms with Gasteiger partial charge in [-0.25, -0.2) is 4.98 Å². The number of carbonyl (C=O) groups excluding carboxylic acids is 1. The lowest BCUT2D eigenvalue weighted by Gasteiger charge is -2.44. The number of piperidine rings is 1. The number of aromatic nitrogens is 3. The molecule has 6 nitrogen and oxygen atoms in total. The van der Waals surface area contributed by atoms with E-state index in [0.717, 1.165) is 40.0 Å². The quantitative estimate of drug-likeness (QED) is 0.737. The first-order chi connectivity index (χ1) is 13.5. The van der Waals surface area contributed by atoms with Gasteiger partial charge in [-0.1, -0.05) is 0 Å². The van der Waals surface area contributed by atoms with Crippen molar-refractivity contribution >= 4 is 28.1 Å². The molecule has 2 saturated heterocycles. The molecule has 2 fully saturated rings. The van der Waals surface area contributed by atoms with Crippen LogP contribution in [0.15, 0.2) is 30.0 Å². The van der Waals surface area contributed by atoms with Crippen molar-refractivity contribution in [2.45, 2.75) is 63.8 Å². The number of rotatable bonds is 3. The Balaban J connectivity index is 1.41. The molecule has 146 valence electrons. The zero-order valence-corrected chi connectivity index (χ0v) is 16.9. The highest BCUT2D eigenvalue weighted by Crippen LogP contribution is 2.43. The second-order valence-corrected chi connectivity index (χ2v) is 9.16. The van der Waals surface area contributed by atoms with Gasteiger partial charge in [-0.05, 0) is 51.7 Å². The predicted octanol–water partition coefficient (Wildman–Crippen LogP) is 3.31. The first-order valence-corrected chi connectivity index (χ1v) is 10.7. The molecular weight excluding hydrogens is 372 g/mol. The standard InChI is InChI=1S/C21H24N4O2S/c1-13-7-15-5-6-22-10-18(15)24(13)11-21(27)8-16-3-4-17(9-21)25(16)20(26)19-14(2)23-12-28-19/h5-7,10,12,16-17,27H,3-4,8-9,11H2,1-2H3. The van der Waals surface area contributed by atoms with Crippen molar-refractivity contribution < 1.29 is 9.90 Å². The summed E-state index contributed by atoms with van der Waals surface area (Å²) in [4.78, 5) is 24.4. The SMILES string of the molecule is Cc1ncsc1C(=O)N1C2CCC1CC(O)(Cn1c(C)cc3ccncc31)C2. The number of pyridine rings is 1. The van der Waals surface area contributed by atoms with Gasteiger partial charge in [0.1, 0.15) is 4.88 Å². The third-order valence-electron chi connectivity index (χ3n) is 6.39. The van der Waals surface area contributed by atoms with E-state index in [1.165, 1.54) is 11.3 Å². The van der Waals surface area contributed by atoms with Gasteiger partial charge >= 0.3 is 0 Å². The van der Waals surface area contributed by atoms with Crippen molar-refractivity contribution in [1.82, 2.24) is 19.4 Å². The third-order valence-corrected chi connectivity index (χ3v) is 7.31. The van der Waals surface area contributed by atoms with Gasteiger partial charge < -0.3 is 14.6 Å². The van der Waals surface area contributed by atoms with Crippen molar-refractivity contribution in [1.29, 1.82) is 0 Å².